The Morgan fingerprint density at radius 3 is 2.85 bits per heavy atom. The summed E-state index contributed by atoms with van der Waals surface area (Å²) in [7, 11) is -3.55. The van der Waals surface area contributed by atoms with E-state index in [1.807, 2.05) is 0 Å². The minimum absolute atomic E-state index is 0.149. The minimum Gasteiger partial charge on any atom is -0.314 e. The molecule has 112 valence electrons. The Bertz CT molecular complexity index is 554. The first-order valence-electron chi connectivity index (χ1n) is 6.98. The Morgan fingerprint density at radius 2 is 2.20 bits per heavy atom. The lowest BCUT2D eigenvalue weighted by Crippen LogP contribution is -2.37. The third kappa shape index (κ3) is 4.01. The molecule has 0 radical (unpaired) electrons. The zero-order valence-electron chi connectivity index (χ0n) is 11.7. The topological polar surface area (TPSA) is 58.2 Å². The third-order valence-electron chi connectivity index (χ3n) is 3.62. The molecule has 6 heteroatoms. The molecule has 0 saturated carbocycles. The van der Waals surface area contributed by atoms with E-state index in [1.54, 1.807) is 6.92 Å². The summed E-state index contributed by atoms with van der Waals surface area (Å²) in [6, 6.07) is 4.11. The highest BCUT2D eigenvalue weighted by Crippen LogP contribution is 2.16. The number of nitrogens with one attached hydrogen (secondary N) is 2. The number of aryl methyl sites for hydroxylation is 1. The van der Waals surface area contributed by atoms with Gasteiger partial charge < -0.3 is 5.32 Å². The predicted molar refractivity (Wildman–Crippen MR) is 76.6 cm³/mol. The van der Waals surface area contributed by atoms with Gasteiger partial charge in [-0.05, 0) is 56.5 Å². The summed E-state index contributed by atoms with van der Waals surface area (Å²) in [6.07, 6.45) is 4.26. The average Bonchev–Trinajstić information content (AvgIpc) is 2.39. The quantitative estimate of drug-likeness (QED) is 0.874. The van der Waals surface area contributed by atoms with Gasteiger partial charge >= 0.3 is 0 Å². The van der Waals surface area contributed by atoms with Crippen LogP contribution in [0.4, 0.5) is 4.39 Å². The first kappa shape index (κ1) is 15.4. The van der Waals surface area contributed by atoms with Crippen LogP contribution in [0, 0.1) is 12.7 Å². The Morgan fingerprint density at radius 1 is 1.40 bits per heavy atom. The molecule has 1 atom stereocenters. The van der Waals surface area contributed by atoms with Crippen LogP contribution in [0.1, 0.15) is 31.2 Å². The van der Waals surface area contributed by atoms with Gasteiger partial charge in [0.2, 0.25) is 10.0 Å². The fourth-order valence-electron chi connectivity index (χ4n) is 2.53. The molecule has 1 aliphatic heterocycles. The van der Waals surface area contributed by atoms with Crippen molar-refractivity contribution < 1.29 is 12.8 Å². The van der Waals surface area contributed by atoms with Crippen LogP contribution in [-0.2, 0) is 10.0 Å². The highest BCUT2D eigenvalue weighted by molar-refractivity contribution is 7.89. The molecule has 2 rings (SSSR count). The lowest BCUT2D eigenvalue weighted by Gasteiger charge is -2.23. The van der Waals surface area contributed by atoms with Gasteiger partial charge in [-0.2, -0.15) is 0 Å². The number of sulfonamides is 1. The van der Waals surface area contributed by atoms with E-state index in [-0.39, 0.29) is 4.90 Å². The van der Waals surface area contributed by atoms with Crippen LogP contribution in [0.15, 0.2) is 23.1 Å². The van der Waals surface area contributed by atoms with Gasteiger partial charge in [-0.25, -0.2) is 17.5 Å². The normalized spacial score (nSPS) is 20.0. The Hall–Kier alpha value is -0.980. The molecule has 20 heavy (non-hydrogen) atoms. The zero-order valence-corrected chi connectivity index (χ0v) is 12.5. The first-order chi connectivity index (χ1) is 9.49. The molecule has 4 nitrogen and oxygen atoms in total. The fourth-order valence-corrected chi connectivity index (χ4v) is 3.80. The van der Waals surface area contributed by atoms with Gasteiger partial charge in [0, 0.05) is 12.6 Å². The van der Waals surface area contributed by atoms with E-state index in [0.29, 0.717) is 18.2 Å². The van der Waals surface area contributed by atoms with Gasteiger partial charge in [0.1, 0.15) is 5.82 Å². The second-order valence-corrected chi connectivity index (χ2v) is 6.98. The molecule has 0 spiro atoms. The molecule has 0 aromatic heterocycles. The van der Waals surface area contributed by atoms with E-state index in [9.17, 15) is 12.8 Å². The summed E-state index contributed by atoms with van der Waals surface area (Å²) in [5.74, 6) is -0.423. The summed E-state index contributed by atoms with van der Waals surface area (Å²) in [4.78, 5) is 0.149. The van der Waals surface area contributed by atoms with Crippen molar-refractivity contribution in [3.63, 3.8) is 0 Å². The molecule has 0 amide bonds. The Balaban J connectivity index is 1.93. The van der Waals surface area contributed by atoms with Crippen LogP contribution in [-0.4, -0.2) is 27.5 Å². The summed E-state index contributed by atoms with van der Waals surface area (Å²) in [5.41, 5.74) is 0.424. The van der Waals surface area contributed by atoms with E-state index in [4.69, 9.17) is 0 Å². The molecule has 1 saturated heterocycles. The molecule has 1 unspecified atom stereocenters. The van der Waals surface area contributed by atoms with E-state index in [1.165, 1.54) is 31.0 Å². The molecule has 0 bridgehead atoms. The smallest absolute Gasteiger partial charge is 0.240 e. The van der Waals surface area contributed by atoms with E-state index in [2.05, 4.69) is 10.0 Å². The number of rotatable bonds is 5. The fraction of sp³-hybridized carbons (Fsp3) is 0.571. The van der Waals surface area contributed by atoms with Gasteiger partial charge in [-0.1, -0.05) is 6.42 Å². The van der Waals surface area contributed by atoms with E-state index in [0.717, 1.165) is 19.4 Å². The van der Waals surface area contributed by atoms with Crippen molar-refractivity contribution in [3.05, 3.63) is 29.6 Å². The van der Waals surface area contributed by atoms with Crippen LogP contribution in [0.5, 0.6) is 0 Å². The molecule has 1 aliphatic rings. The van der Waals surface area contributed by atoms with Crippen molar-refractivity contribution in [1.82, 2.24) is 10.0 Å². The largest absolute Gasteiger partial charge is 0.314 e. The molecule has 1 aromatic rings. The maximum atomic E-state index is 13.0. The number of piperidine rings is 1. The maximum Gasteiger partial charge on any atom is 0.240 e. The lowest BCUT2D eigenvalue weighted by molar-refractivity contribution is 0.382. The van der Waals surface area contributed by atoms with Crippen molar-refractivity contribution in [2.75, 3.05) is 13.1 Å². The summed E-state index contributed by atoms with van der Waals surface area (Å²) in [5, 5.41) is 3.38. The predicted octanol–water partition coefficient (Wildman–Crippen LogP) is 1.94. The number of hydrogen-bond acceptors (Lipinski definition) is 3. The van der Waals surface area contributed by atoms with Crippen molar-refractivity contribution >= 4 is 10.0 Å². The summed E-state index contributed by atoms with van der Waals surface area (Å²) < 4.78 is 39.9. The van der Waals surface area contributed by atoms with Crippen molar-refractivity contribution in [3.8, 4) is 0 Å². The number of benzene rings is 1. The van der Waals surface area contributed by atoms with Crippen molar-refractivity contribution in [1.29, 1.82) is 0 Å². The molecular formula is C14H21FN2O2S. The average molecular weight is 300 g/mol. The summed E-state index contributed by atoms with van der Waals surface area (Å²) in [6.45, 7) is 3.01. The highest BCUT2D eigenvalue weighted by Gasteiger charge is 2.18. The van der Waals surface area contributed by atoms with E-state index >= 15 is 0 Å². The van der Waals surface area contributed by atoms with Gasteiger partial charge in [0.05, 0.1) is 4.90 Å². The molecule has 1 aromatic carbocycles. The number of hydrogen-bond donors (Lipinski definition) is 2. The van der Waals surface area contributed by atoms with Crippen molar-refractivity contribution in [2.45, 2.75) is 43.5 Å². The zero-order chi connectivity index (χ0) is 14.6. The molecule has 1 heterocycles. The van der Waals surface area contributed by atoms with Crippen LogP contribution in [0.3, 0.4) is 0 Å². The standard InChI is InChI=1S/C14H21FN2O2S/c1-11-10-12(15)5-6-14(11)20(18,19)17-9-7-13-4-2-3-8-16-13/h5-6,10,13,16-17H,2-4,7-9H2,1H3. The molecule has 1 fully saturated rings. The van der Waals surface area contributed by atoms with Gasteiger partial charge in [-0.3, -0.25) is 0 Å². The van der Waals surface area contributed by atoms with Gasteiger partial charge in [0.25, 0.3) is 0 Å². The van der Waals surface area contributed by atoms with E-state index < -0.39 is 15.8 Å². The lowest BCUT2D eigenvalue weighted by atomic mass is 10.0. The SMILES string of the molecule is Cc1cc(F)ccc1S(=O)(=O)NCCC1CCCCN1. The monoisotopic (exact) mass is 300 g/mol. The third-order valence-corrected chi connectivity index (χ3v) is 5.25. The van der Waals surface area contributed by atoms with Crippen LogP contribution in [0.2, 0.25) is 0 Å². The molecule has 2 N–H and O–H groups in total. The second-order valence-electron chi connectivity index (χ2n) is 5.24. The van der Waals surface area contributed by atoms with Gasteiger partial charge in [0.15, 0.2) is 0 Å². The Kier molecular flexibility index (Phi) is 5.12. The molecular weight excluding hydrogens is 279 g/mol. The Labute approximate surface area is 119 Å². The maximum absolute atomic E-state index is 13.0. The van der Waals surface area contributed by atoms with Crippen molar-refractivity contribution in [2.24, 2.45) is 0 Å². The highest BCUT2D eigenvalue weighted by atomic mass is 32.2. The first-order valence-corrected chi connectivity index (χ1v) is 8.46. The van der Waals surface area contributed by atoms with Crippen LogP contribution in [0.25, 0.3) is 0 Å². The number of halogens is 1. The van der Waals surface area contributed by atoms with Gasteiger partial charge in [-0.15, -0.1) is 0 Å². The molecule has 0 aliphatic carbocycles. The van der Waals surface area contributed by atoms with Crippen LogP contribution < -0.4 is 10.0 Å². The van der Waals surface area contributed by atoms with Crippen LogP contribution >= 0.6 is 0 Å². The second kappa shape index (κ2) is 6.65. The minimum atomic E-state index is -3.55. The summed E-state index contributed by atoms with van der Waals surface area (Å²) >= 11 is 0.